The van der Waals surface area contributed by atoms with Gasteiger partial charge in [-0.05, 0) is 12.1 Å². The lowest BCUT2D eigenvalue weighted by atomic mass is 10.4. The summed E-state index contributed by atoms with van der Waals surface area (Å²) >= 11 is 35.7. The Morgan fingerprint density at radius 2 is 1.70 bits per heavy atom. The molecule has 1 heterocycles. The van der Waals surface area contributed by atoms with Crippen LogP contribution in [0.25, 0.3) is 0 Å². The number of sulfonamides is 1. The summed E-state index contributed by atoms with van der Waals surface area (Å²) in [5, 5.41) is 0.107. The van der Waals surface area contributed by atoms with Gasteiger partial charge in [0, 0.05) is 22.5 Å². The molecule has 0 aliphatic heterocycles. The summed E-state index contributed by atoms with van der Waals surface area (Å²) in [4.78, 5) is 4.23. The maximum Gasteiger partial charge on any atom is 0.266 e. The van der Waals surface area contributed by atoms with Crippen LogP contribution in [0.2, 0.25) is 15.1 Å². The predicted molar refractivity (Wildman–Crippen MR) is 98.4 cm³/mol. The zero-order valence-corrected chi connectivity index (χ0v) is 17.0. The van der Waals surface area contributed by atoms with Crippen LogP contribution in [0, 0.1) is 0 Å². The molecule has 1 aromatic carbocycles. The van der Waals surface area contributed by atoms with Gasteiger partial charge >= 0.3 is 0 Å². The molecule has 23 heavy (non-hydrogen) atoms. The van der Waals surface area contributed by atoms with E-state index in [-0.39, 0.29) is 31.5 Å². The number of halogens is 6. The summed E-state index contributed by atoms with van der Waals surface area (Å²) in [5.74, 6) is 0. The molecule has 0 aliphatic rings. The van der Waals surface area contributed by atoms with E-state index in [1.54, 1.807) is 0 Å². The number of nitrogens with zero attached hydrogens (tertiary/aromatic N) is 1. The Morgan fingerprint density at radius 3 is 2.22 bits per heavy atom. The van der Waals surface area contributed by atoms with E-state index in [0.717, 1.165) is 11.3 Å². The zero-order chi connectivity index (χ0) is 17.4. The van der Waals surface area contributed by atoms with Gasteiger partial charge in [-0.2, -0.15) is 0 Å². The number of nitrogens with one attached hydrogen (secondary N) is 1. The molecular formula is C11H6Cl6N2O2S2. The monoisotopic (exact) mass is 472 g/mol. The second-order valence-electron chi connectivity index (χ2n) is 4.23. The molecule has 0 unspecified atom stereocenters. The summed E-state index contributed by atoms with van der Waals surface area (Å²) in [7, 11) is -4.05. The van der Waals surface area contributed by atoms with E-state index in [2.05, 4.69) is 9.71 Å². The molecule has 0 saturated carbocycles. The highest BCUT2D eigenvalue weighted by Crippen LogP contribution is 2.36. The third-order valence-corrected chi connectivity index (χ3v) is 6.30. The highest BCUT2D eigenvalue weighted by molar-refractivity contribution is 7.93. The third-order valence-electron chi connectivity index (χ3n) is 2.38. The first kappa shape index (κ1) is 19.7. The molecule has 0 aliphatic carbocycles. The Balaban J connectivity index is 2.29. The Bertz CT molecular complexity index is 808. The highest BCUT2D eigenvalue weighted by atomic mass is 35.6. The van der Waals surface area contributed by atoms with Crippen LogP contribution in [0.4, 0.5) is 5.13 Å². The average Bonchev–Trinajstić information content (AvgIpc) is 2.70. The van der Waals surface area contributed by atoms with Gasteiger partial charge in [-0.25, -0.2) is 13.4 Å². The van der Waals surface area contributed by atoms with E-state index in [4.69, 9.17) is 69.6 Å². The van der Waals surface area contributed by atoms with Crippen LogP contribution in [0.3, 0.4) is 0 Å². The van der Waals surface area contributed by atoms with Gasteiger partial charge in [-0.15, -0.1) is 11.3 Å². The second kappa shape index (κ2) is 7.30. The number of hydrogen-bond acceptors (Lipinski definition) is 4. The van der Waals surface area contributed by atoms with E-state index in [1.807, 2.05) is 0 Å². The minimum absolute atomic E-state index is 0.0938. The smallest absolute Gasteiger partial charge is 0.255 e. The fraction of sp³-hybridized carbons (Fsp3) is 0.182. The summed E-state index contributed by atoms with van der Waals surface area (Å²) < 4.78 is 25.6. The van der Waals surface area contributed by atoms with Crippen molar-refractivity contribution < 1.29 is 8.42 Å². The van der Waals surface area contributed by atoms with Gasteiger partial charge in [0.05, 0.1) is 10.0 Å². The Morgan fingerprint density at radius 1 is 1.13 bits per heavy atom. The highest BCUT2D eigenvalue weighted by Gasteiger charge is 2.25. The average molecular weight is 475 g/mol. The topological polar surface area (TPSA) is 59.1 Å². The van der Waals surface area contributed by atoms with Crippen LogP contribution in [-0.4, -0.2) is 17.2 Å². The first-order valence-electron chi connectivity index (χ1n) is 5.67. The second-order valence-corrected chi connectivity index (χ2v) is 10.7. The molecule has 0 amide bonds. The molecule has 0 saturated heterocycles. The SMILES string of the molecule is O=S(=O)(Nc1ncc(CC(Cl)(Cl)Cl)s1)c1c(Cl)cc(Cl)cc1Cl. The minimum Gasteiger partial charge on any atom is -0.255 e. The number of aromatic nitrogens is 1. The molecule has 1 aromatic heterocycles. The van der Waals surface area contributed by atoms with Crippen molar-refractivity contribution in [3.05, 3.63) is 38.3 Å². The lowest BCUT2D eigenvalue weighted by molar-refractivity contribution is 0.601. The quantitative estimate of drug-likeness (QED) is 0.568. The molecule has 0 radical (unpaired) electrons. The maximum absolute atomic E-state index is 12.4. The van der Waals surface area contributed by atoms with Gasteiger partial charge in [0.1, 0.15) is 4.90 Å². The van der Waals surface area contributed by atoms with Crippen molar-refractivity contribution in [1.82, 2.24) is 4.98 Å². The molecular weight excluding hydrogens is 469 g/mol. The van der Waals surface area contributed by atoms with Crippen LogP contribution in [0.5, 0.6) is 0 Å². The first-order valence-corrected chi connectivity index (χ1v) is 10.2. The van der Waals surface area contributed by atoms with Gasteiger partial charge in [0.2, 0.25) is 0 Å². The Labute approximate surface area is 166 Å². The molecule has 126 valence electrons. The van der Waals surface area contributed by atoms with Crippen molar-refractivity contribution >= 4 is 96.1 Å². The number of alkyl halides is 3. The molecule has 0 bridgehead atoms. The molecule has 2 rings (SSSR count). The summed E-state index contributed by atoms with van der Waals surface area (Å²) in [6.45, 7) is 0. The molecule has 0 atom stereocenters. The van der Waals surface area contributed by atoms with Crippen LogP contribution in [0.1, 0.15) is 4.88 Å². The molecule has 0 spiro atoms. The lowest BCUT2D eigenvalue weighted by Gasteiger charge is -2.09. The normalized spacial score (nSPS) is 12.4. The molecule has 1 N–H and O–H groups in total. The van der Waals surface area contributed by atoms with Crippen molar-refractivity contribution in [3.63, 3.8) is 0 Å². The van der Waals surface area contributed by atoms with Gasteiger partial charge in [-0.1, -0.05) is 69.6 Å². The van der Waals surface area contributed by atoms with Gasteiger partial charge in [-0.3, -0.25) is 4.72 Å². The minimum atomic E-state index is -4.05. The van der Waals surface area contributed by atoms with Crippen molar-refractivity contribution in [1.29, 1.82) is 0 Å². The number of hydrogen-bond donors (Lipinski definition) is 1. The molecule has 4 nitrogen and oxygen atoms in total. The van der Waals surface area contributed by atoms with Gasteiger partial charge in [0.15, 0.2) is 8.92 Å². The molecule has 2 aromatic rings. The molecule has 12 heteroatoms. The van der Waals surface area contributed by atoms with Crippen LogP contribution in [-0.2, 0) is 16.4 Å². The fourth-order valence-corrected chi connectivity index (χ4v) is 5.94. The van der Waals surface area contributed by atoms with E-state index in [0.29, 0.717) is 4.88 Å². The predicted octanol–water partition coefficient (Wildman–Crippen LogP) is 5.82. The van der Waals surface area contributed by atoms with Gasteiger partial charge in [0.25, 0.3) is 10.0 Å². The summed E-state index contributed by atoms with van der Waals surface area (Å²) in [6, 6.07) is 2.55. The van der Waals surface area contributed by atoms with Gasteiger partial charge < -0.3 is 0 Å². The number of rotatable bonds is 4. The number of thiazole rings is 1. The van der Waals surface area contributed by atoms with Crippen molar-refractivity contribution in [2.75, 3.05) is 4.72 Å². The number of anilines is 1. The standard InChI is InChI=1S/C11H6Cl6N2O2S2/c12-5-1-7(13)9(8(14)2-5)23(20,21)19-10-18-4-6(22-10)3-11(15,16)17/h1-2,4H,3H2,(H,18,19). The van der Waals surface area contributed by atoms with Crippen molar-refractivity contribution in [2.24, 2.45) is 0 Å². The van der Waals surface area contributed by atoms with E-state index in [9.17, 15) is 8.42 Å². The third kappa shape index (κ3) is 5.41. The number of benzene rings is 1. The lowest BCUT2D eigenvalue weighted by Crippen LogP contribution is -2.14. The van der Waals surface area contributed by atoms with E-state index >= 15 is 0 Å². The summed E-state index contributed by atoms with van der Waals surface area (Å²) in [5.41, 5.74) is 0. The zero-order valence-electron chi connectivity index (χ0n) is 10.8. The summed E-state index contributed by atoms with van der Waals surface area (Å²) in [6.07, 6.45) is 1.51. The first-order chi connectivity index (χ1) is 10.5. The maximum atomic E-state index is 12.4. The van der Waals surface area contributed by atoms with Crippen LogP contribution < -0.4 is 4.72 Å². The Kier molecular flexibility index (Phi) is 6.24. The fourth-order valence-electron chi connectivity index (χ4n) is 1.59. The van der Waals surface area contributed by atoms with Crippen LogP contribution in [0.15, 0.2) is 23.2 Å². The molecule has 0 fully saturated rings. The van der Waals surface area contributed by atoms with E-state index in [1.165, 1.54) is 18.3 Å². The van der Waals surface area contributed by atoms with Crippen molar-refractivity contribution in [2.45, 2.75) is 15.1 Å². The van der Waals surface area contributed by atoms with Crippen LogP contribution >= 0.6 is 80.9 Å². The van der Waals surface area contributed by atoms with Crippen molar-refractivity contribution in [3.8, 4) is 0 Å². The Hall–Kier alpha value is 0.340. The van der Waals surface area contributed by atoms with E-state index < -0.39 is 13.8 Å². The largest absolute Gasteiger partial charge is 0.266 e.